The van der Waals surface area contributed by atoms with Crippen LogP contribution in [0, 0.1) is 17.4 Å². The zero-order valence-electron chi connectivity index (χ0n) is 12.4. The quantitative estimate of drug-likeness (QED) is 0.500. The van der Waals surface area contributed by atoms with Crippen LogP contribution in [0.5, 0.6) is 0 Å². The highest BCUT2D eigenvalue weighted by Crippen LogP contribution is 2.57. The molecule has 21 heavy (non-hydrogen) atoms. The molecule has 1 saturated heterocycles. The van der Waals surface area contributed by atoms with Crippen molar-refractivity contribution in [3.63, 3.8) is 0 Å². The Morgan fingerprint density at radius 3 is 3.14 bits per heavy atom. The van der Waals surface area contributed by atoms with Crippen molar-refractivity contribution in [1.29, 1.82) is 0 Å². The third-order valence-electron chi connectivity index (χ3n) is 5.19. The van der Waals surface area contributed by atoms with Gasteiger partial charge in [0, 0.05) is 11.1 Å². The Kier molecular flexibility index (Phi) is 3.81. The predicted octanol–water partition coefficient (Wildman–Crippen LogP) is 0.196. The number of nitrogens with zero attached hydrogens (tertiary/aromatic N) is 1. The van der Waals surface area contributed by atoms with E-state index < -0.39 is 0 Å². The molecule has 0 aromatic rings. The number of ether oxygens (including phenoxy) is 2. The molecule has 2 heterocycles. The first-order valence-corrected chi connectivity index (χ1v) is 7.50. The van der Waals surface area contributed by atoms with E-state index in [1.165, 1.54) is 5.71 Å². The van der Waals surface area contributed by atoms with Gasteiger partial charge in [-0.2, -0.15) is 4.99 Å². The van der Waals surface area contributed by atoms with Crippen molar-refractivity contribution in [3.05, 3.63) is 35.8 Å². The normalized spacial score (nSPS) is 39.5. The minimum absolute atomic E-state index is 0. The van der Waals surface area contributed by atoms with Crippen LogP contribution in [0.4, 0.5) is 0 Å². The lowest BCUT2D eigenvalue weighted by Crippen LogP contribution is -3.00. The molecule has 4 atom stereocenters. The number of allylic oxidation sites excluding steroid dienone is 2. The molecule has 0 aromatic heterocycles. The molecule has 4 unspecified atom stereocenters. The number of aliphatic imine (C=N–C) groups is 1. The van der Waals surface area contributed by atoms with Crippen molar-refractivity contribution in [2.45, 2.75) is 44.8 Å². The molecule has 2 aliphatic carbocycles. The second kappa shape index (κ2) is 5.35. The smallest absolute Gasteiger partial charge is 0.372 e. The van der Waals surface area contributed by atoms with Crippen LogP contribution in [0.2, 0.25) is 0 Å². The molecule has 0 saturated carbocycles. The van der Waals surface area contributed by atoms with Crippen LogP contribution in [-0.2, 0) is 9.47 Å². The first kappa shape index (κ1) is 15.0. The first-order valence-electron chi connectivity index (χ1n) is 7.50. The van der Waals surface area contributed by atoms with E-state index in [9.17, 15) is 0 Å². The van der Waals surface area contributed by atoms with E-state index in [1.807, 2.05) is 6.08 Å². The zero-order chi connectivity index (χ0) is 13.7. The van der Waals surface area contributed by atoms with Crippen LogP contribution in [0.1, 0.15) is 32.6 Å². The monoisotopic (exact) mass is 349 g/mol. The summed E-state index contributed by atoms with van der Waals surface area (Å²) in [6.45, 7) is 2.12. The summed E-state index contributed by atoms with van der Waals surface area (Å²) < 4.78 is 11.8. The van der Waals surface area contributed by atoms with E-state index in [0.29, 0.717) is 6.10 Å². The lowest BCUT2D eigenvalue weighted by molar-refractivity contribution is -0.00000804. The number of hydrogen-bond donors (Lipinski definition) is 0. The minimum atomic E-state index is 0. The molecule has 0 bridgehead atoms. The fraction of sp³-hybridized carbons (Fsp3) is 0.588. The van der Waals surface area contributed by atoms with E-state index in [-0.39, 0.29) is 34.4 Å². The molecular weight excluding hydrogens is 330 g/mol. The summed E-state index contributed by atoms with van der Waals surface area (Å²) in [6, 6.07) is 0. The maximum atomic E-state index is 6.33. The van der Waals surface area contributed by atoms with Crippen molar-refractivity contribution < 1.29 is 26.5 Å². The highest BCUT2D eigenvalue weighted by Gasteiger charge is 2.62. The Labute approximate surface area is 136 Å². The fourth-order valence-electron chi connectivity index (χ4n) is 4.26. The largest absolute Gasteiger partial charge is 1.00 e. The highest BCUT2D eigenvalue weighted by molar-refractivity contribution is 5.83. The van der Waals surface area contributed by atoms with Crippen molar-refractivity contribution in [2.24, 2.45) is 16.3 Å². The van der Waals surface area contributed by atoms with Gasteiger partial charge in [0.1, 0.15) is 18.1 Å². The maximum Gasteiger partial charge on any atom is 0.372 e. The van der Waals surface area contributed by atoms with Gasteiger partial charge < -0.3 is 26.5 Å². The van der Waals surface area contributed by atoms with Gasteiger partial charge in [-0.15, -0.1) is 0 Å². The topological polar surface area (TPSA) is 30.8 Å². The molecule has 0 radical (unpaired) electrons. The Morgan fingerprint density at radius 1 is 1.48 bits per heavy atom. The second-order valence-electron chi connectivity index (χ2n) is 6.24. The molecule has 4 aliphatic rings. The van der Waals surface area contributed by atoms with Crippen LogP contribution in [0.3, 0.4) is 0 Å². The van der Waals surface area contributed by atoms with Crippen molar-refractivity contribution in [1.82, 2.24) is 0 Å². The third kappa shape index (κ3) is 2.04. The van der Waals surface area contributed by atoms with Crippen LogP contribution in [-0.4, -0.2) is 25.0 Å². The van der Waals surface area contributed by atoms with E-state index in [4.69, 9.17) is 14.5 Å². The summed E-state index contributed by atoms with van der Waals surface area (Å²) in [4.78, 5) is 4.85. The van der Waals surface area contributed by atoms with Gasteiger partial charge in [-0.1, -0.05) is 12.2 Å². The lowest BCUT2D eigenvalue weighted by atomic mass is 9.64. The molecule has 0 amide bonds. The molecule has 1 fully saturated rings. The van der Waals surface area contributed by atoms with Gasteiger partial charge in [0.15, 0.2) is 0 Å². The van der Waals surface area contributed by atoms with E-state index >= 15 is 0 Å². The van der Waals surface area contributed by atoms with E-state index in [1.54, 1.807) is 7.11 Å². The lowest BCUT2D eigenvalue weighted by Gasteiger charge is -2.35. The van der Waals surface area contributed by atoms with Crippen LogP contribution in [0.15, 0.2) is 34.7 Å². The van der Waals surface area contributed by atoms with Gasteiger partial charge in [-0.05, 0) is 32.6 Å². The summed E-state index contributed by atoms with van der Waals surface area (Å²) in [7, 11) is 1.70. The second-order valence-corrected chi connectivity index (χ2v) is 6.24. The van der Waals surface area contributed by atoms with Crippen LogP contribution < -0.4 is 17.0 Å². The Balaban J connectivity index is 0.00000132. The highest BCUT2D eigenvalue weighted by atomic mass is 79.9. The fourth-order valence-corrected chi connectivity index (χ4v) is 4.26. The molecule has 1 spiro atoms. The molecule has 0 aromatic carbocycles. The van der Waals surface area contributed by atoms with Crippen molar-refractivity contribution in [2.75, 3.05) is 7.11 Å². The van der Waals surface area contributed by atoms with Gasteiger partial charge in [0.05, 0.1) is 19.3 Å². The van der Waals surface area contributed by atoms with Gasteiger partial charge >= 0.3 is 5.76 Å². The van der Waals surface area contributed by atoms with Gasteiger partial charge in [0.25, 0.3) is 0 Å². The molecule has 4 heteroatoms. The molecule has 4 rings (SSSR count). The van der Waals surface area contributed by atoms with Gasteiger partial charge in [0.2, 0.25) is 5.70 Å². The average Bonchev–Trinajstić information content (AvgIpc) is 2.72. The number of halogens is 1. The zero-order valence-corrected chi connectivity index (χ0v) is 14.0. The molecular formula is C17H20BrNO2. The van der Waals surface area contributed by atoms with Crippen molar-refractivity contribution in [3.8, 4) is 0 Å². The van der Waals surface area contributed by atoms with Crippen molar-refractivity contribution >= 4 is 5.71 Å². The first-order chi connectivity index (χ1) is 9.74. The van der Waals surface area contributed by atoms with E-state index in [2.05, 4.69) is 25.2 Å². The SMILES string of the molecule is COC1=C2N=C(C)CCC34C=CCCC3OC(C=[C+]1)C24.[Br-]. The van der Waals surface area contributed by atoms with Gasteiger partial charge in [-0.3, -0.25) is 0 Å². The Bertz CT molecular complexity index is 563. The number of methoxy groups -OCH3 is 1. The summed E-state index contributed by atoms with van der Waals surface area (Å²) >= 11 is 0. The molecule has 2 aliphatic heterocycles. The molecule has 3 nitrogen and oxygen atoms in total. The summed E-state index contributed by atoms with van der Waals surface area (Å²) in [5, 5.41) is 0. The number of rotatable bonds is 1. The summed E-state index contributed by atoms with van der Waals surface area (Å²) in [6.07, 6.45) is 14.8. The third-order valence-corrected chi connectivity index (χ3v) is 5.19. The van der Waals surface area contributed by atoms with E-state index in [0.717, 1.165) is 37.1 Å². The predicted molar refractivity (Wildman–Crippen MR) is 77.1 cm³/mol. The summed E-state index contributed by atoms with van der Waals surface area (Å²) in [5.74, 6) is 1.08. The Morgan fingerprint density at radius 2 is 2.33 bits per heavy atom. The van der Waals surface area contributed by atoms with Crippen LogP contribution >= 0.6 is 0 Å². The average molecular weight is 350 g/mol. The maximum absolute atomic E-state index is 6.33. The van der Waals surface area contributed by atoms with Gasteiger partial charge in [-0.25, -0.2) is 0 Å². The summed E-state index contributed by atoms with van der Waals surface area (Å²) in [5.41, 5.74) is 2.34. The standard InChI is InChI=1S/C17H20NO2.BrH/c1-11-8-10-17-9-4-3-5-14(17)20-12-6-7-13(19-2)16(18-11)15(12)17;/h4,6,9,12,14-15H,3,5,8,10H2,1-2H3;1H/q+1;/p-1. The van der Waals surface area contributed by atoms with Crippen LogP contribution in [0.25, 0.3) is 0 Å². The molecule has 0 N–H and O–H groups in total. The minimum Gasteiger partial charge on any atom is -1.00 e. The molecule has 112 valence electrons. The Hall–Kier alpha value is -0.960. The number of hydrogen-bond acceptors (Lipinski definition) is 3.